The molecule has 2 aliphatic rings. The molecule has 0 radical (unpaired) electrons. The third-order valence-electron chi connectivity index (χ3n) is 7.52. The van der Waals surface area contributed by atoms with E-state index in [4.69, 9.17) is 29.6 Å². The number of carbonyl (C=O) groups is 1. The van der Waals surface area contributed by atoms with Gasteiger partial charge in [0.1, 0.15) is 10.8 Å². The largest absolute Gasteiger partial charge is 0.389 e. The highest BCUT2D eigenvalue weighted by atomic mass is 35.5. The summed E-state index contributed by atoms with van der Waals surface area (Å²) < 4.78 is 27.9. The lowest BCUT2D eigenvalue weighted by Gasteiger charge is -2.31. The predicted molar refractivity (Wildman–Crippen MR) is 162 cm³/mol. The zero-order valence-electron chi connectivity index (χ0n) is 21.8. The van der Waals surface area contributed by atoms with Crippen LogP contribution in [0, 0.1) is 0 Å². The van der Waals surface area contributed by atoms with Gasteiger partial charge in [0.2, 0.25) is 10.0 Å². The van der Waals surface area contributed by atoms with Crippen molar-refractivity contribution >= 4 is 61.7 Å². The standard InChI is InChI=1S/C29H31ClN4O3S2/c1-39(36,37)33-14-11-23(12-15-33)34-18-26(20-4-2-5-21(16-20)29(31)38)25-10-8-19(27(30)28(25)34)7-9-24(35)17-22-6-3-13-32-22/h2,4-6,8,10,13,16,18,23H,3,7,9,11-12,14-15,17H2,1H3,(H2,31,38). The zero-order chi connectivity index (χ0) is 27.7. The van der Waals surface area contributed by atoms with Crippen LogP contribution in [0.15, 0.2) is 59.4 Å². The van der Waals surface area contributed by atoms with Crippen LogP contribution in [0.4, 0.5) is 0 Å². The number of aliphatic imine (C=N–C) groups is 1. The second kappa shape index (κ2) is 11.3. The van der Waals surface area contributed by atoms with Crippen LogP contribution >= 0.6 is 23.8 Å². The van der Waals surface area contributed by atoms with Gasteiger partial charge in [-0.15, -0.1) is 0 Å². The molecule has 0 atom stereocenters. The molecule has 7 nitrogen and oxygen atoms in total. The van der Waals surface area contributed by atoms with Gasteiger partial charge in [-0.2, -0.15) is 0 Å². The number of sulfonamides is 1. The van der Waals surface area contributed by atoms with Gasteiger partial charge in [0, 0.05) is 73.0 Å². The molecule has 204 valence electrons. The third-order valence-corrected chi connectivity index (χ3v) is 9.48. The van der Waals surface area contributed by atoms with Crippen LogP contribution in [0.2, 0.25) is 5.02 Å². The quantitative estimate of drug-likeness (QED) is 0.339. The van der Waals surface area contributed by atoms with E-state index in [0.717, 1.165) is 45.3 Å². The lowest BCUT2D eigenvalue weighted by Crippen LogP contribution is -2.38. The number of hydrogen-bond donors (Lipinski definition) is 1. The number of carbonyl (C=O) groups excluding carboxylic acids is 1. The van der Waals surface area contributed by atoms with E-state index in [2.05, 4.69) is 21.8 Å². The number of Topliss-reactive ketones (excluding diaryl/α,β-unsaturated/α-hetero) is 1. The normalized spacial score (nSPS) is 16.6. The third kappa shape index (κ3) is 6.01. The van der Waals surface area contributed by atoms with E-state index in [0.29, 0.717) is 55.2 Å². The number of nitrogens with zero attached hydrogens (tertiary/aromatic N) is 3. The highest BCUT2D eigenvalue weighted by Gasteiger charge is 2.28. The highest BCUT2D eigenvalue weighted by molar-refractivity contribution is 7.88. The monoisotopic (exact) mass is 582 g/mol. The molecular weight excluding hydrogens is 552 g/mol. The first-order chi connectivity index (χ1) is 18.6. The summed E-state index contributed by atoms with van der Waals surface area (Å²) in [6.45, 7) is 0.916. The number of piperidine rings is 1. The fourth-order valence-electron chi connectivity index (χ4n) is 5.45. The molecule has 39 heavy (non-hydrogen) atoms. The Labute approximate surface area is 239 Å². The smallest absolute Gasteiger partial charge is 0.211 e. The number of aryl methyl sites for hydroxylation is 1. The van der Waals surface area contributed by atoms with Crippen molar-refractivity contribution in [3.8, 4) is 11.1 Å². The van der Waals surface area contributed by atoms with E-state index in [-0.39, 0.29) is 11.8 Å². The molecule has 1 aromatic heterocycles. The second-order valence-electron chi connectivity index (χ2n) is 10.2. The molecule has 0 unspecified atom stereocenters. The first-order valence-electron chi connectivity index (χ1n) is 13.0. The van der Waals surface area contributed by atoms with Crippen molar-refractivity contribution in [3.05, 3.63) is 70.5 Å². The lowest BCUT2D eigenvalue weighted by atomic mass is 9.99. The Hall–Kier alpha value is -2.85. The Morgan fingerprint density at radius 2 is 1.97 bits per heavy atom. The predicted octanol–water partition coefficient (Wildman–Crippen LogP) is 5.44. The molecule has 0 spiro atoms. The number of aromatic nitrogens is 1. The first kappa shape index (κ1) is 27.7. The maximum absolute atomic E-state index is 12.6. The molecule has 10 heteroatoms. The van der Waals surface area contributed by atoms with Crippen molar-refractivity contribution in [2.45, 2.75) is 44.6 Å². The minimum Gasteiger partial charge on any atom is -0.389 e. The number of thiocarbonyl (C=S) groups is 1. The Morgan fingerprint density at radius 3 is 2.64 bits per heavy atom. The van der Waals surface area contributed by atoms with Gasteiger partial charge in [-0.3, -0.25) is 9.79 Å². The molecule has 5 rings (SSSR count). The average Bonchev–Trinajstić information content (AvgIpc) is 3.56. The van der Waals surface area contributed by atoms with Gasteiger partial charge in [-0.05, 0) is 36.5 Å². The molecule has 0 bridgehead atoms. The summed E-state index contributed by atoms with van der Waals surface area (Å²) in [7, 11) is -3.23. The van der Waals surface area contributed by atoms with Crippen molar-refractivity contribution < 1.29 is 13.2 Å². The maximum atomic E-state index is 12.6. The Morgan fingerprint density at radius 1 is 1.21 bits per heavy atom. The SMILES string of the molecule is CS(=O)(=O)N1CCC(n2cc(-c3cccc(C(N)=S)c3)c3ccc(CCC(=O)CC4=CCC=N4)c(Cl)c32)CC1. The molecule has 2 N–H and O–H groups in total. The summed E-state index contributed by atoms with van der Waals surface area (Å²) in [4.78, 5) is 17.2. The molecular formula is C29H31ClN4O3S2. The number of ketones is 1. The van der Waals surface area contributed by atoms with Crippen LogP contribution in [0.1, 0.15) is 49.3 Å². The molecule has 0 saturated carbocycles. The number of halogens is 1. The number of rotatable bonds is 9. The molecule has 0 amide bonds. The summed E-state index contributed by atoms with van der Waals surface area (Å²) >= 11 is 12.3. The highest BCUT2D eigenvalue weighted by Crippen LogP contribution is 2.40. The van der Waals surface area contributed by atoms with Crippen LogP contribution in [0.5, 0.6) is 0 Å². The summed E-state index contributed by atoms with van der Waals surface area (Å²) in [5.74, 6) is 0.134. The molecule has 2 aliphatic heterocycles. The van der Waals surface area contributed by atoms with Gasteiger partial charge in [-0.25, -0.2) is 12.7 Å². The van der Waals surface area contributed by atoms with E-state index in [9.17, 15) is 13.2 Å². The van der Waals surface area contributed by atoms with E-state index in [1.165, 1.54) is 10.6 Å². The average molecular weight is 583 g/mol. The lowest BCUT2D eigenvalue weighted by molar-refractivity contribution is -0.118. The Bertz CT molecular complexity index is 1620. The van der Waals surface area contributed by atoms with E-state index in [1.807, 2.05) is 42.6 Å². The van der Waals surface area contributed by atoms with Gasteiger partial charge >= 0.3 is 0 Å². The first-order valence-corrected chi connectivity index (χ1v) is 15.7. The maximum Gasteiger partial charge on any atom is 0.211 e. The van der Waals surface area contributed by atoms with E-state index < -0.39 is 10.0 Å². The molecule has 3 aromatic rings. The molecule has 1 fully saturated rings. The number of hydrogen-bond acceptors (Lipinski definition) is 5. The summed E-state index contributed by atoms with van der Waals surface area (Å²) in [5.41, 5.74) is 11.3. The van der Waals surface area contributed by atoms with Gasteiger partial charge in [0.15, 0.2) is 0 Å². The van der Waals surface area contributed by atoms with Crippen molar-refractivity contribution in [2.24, 2.45) is 10.7 Å². The van der Waals surface area contributed by atoms with E-state index >= 15 is 0 Å². The minimum atomic E-state index is -3.23. The van der Waals surface area contributed by atoms with Gasteiger partial charge < -0.3 is 10.3 Å². The number of benzene rings is 2. The molecule has 2 aromatic carbocycles. The van der Waals surface area contributed by atoms with Crippen molar-refractivity contribution in [1.82, 2.24) is 8.87 Å². The topological polar surface area (TPSA) is 97.8 Å². The Balaban J connectivity index is 1.51. The van der Waals surface area contributed by atoms with Crippen LogP contribution in [0.3, 0.4) is 0 Å². The molecule has 1 saturated heterocycles. The molecule has 0 aliphatic carbocycles. The van der Waals surface area contributed by atoms with Gasteiger partial charge in [0.05, 0.1) is 16.8 Å². The number of fused-ring (bicyclic) bond motifs is 1. The fraction of sp³-hybridized carbons (Fsp3) is 0.345. The fourth-order valence-corrected chi connectivity index (χ4v) is 6.80. The van der Waals surface area contributed by atoms with E-state index in [1.54, 1.807) is 0 Å². The summed E-state index contributed by atoms with van der Waals surface area (Å²) in [6.07, 6.45) is 10.6. The van der Waals surface area contributed by atoms with Gasteiger partial charge in [-0.1, -0.05) is 60.2 Å². The van der Waals surface area contributed by atoms with Crippen LogP contribution < -0.4 is 5.73 Å². The number of allylic oxidation sites excluding steroid dienone is 2. The zero-order valence-corrected chi connectivity index (χ0v) is 24.2. The van der Waals surface area contributed by atoms with Crippen molar-refractivity contribution in [1.29, 1.82) is 0 Å². The Kier molecular flexibility index (Phi) is 8.05. The van der Waals surface area contributed by atoms with Crippen LogP contribution in [0.25, 0.3) is 22.0 Å². The van der Waals surface area contributed by atoms with Crippen molar-refractivity contribution in [3.63, 3.8) is 0 Å². The van der Waals surface area contributed by atoms with Gasteiger partial charge in [0.25, 0.3) is 0 Å². The van der Waals surface area contributed by atoms with Crippen LogP contribution in [-0.2, 0) is 21.2 Å². The summed E-state index contributed by atoms with van der Waals surface area (Å²) in [6, 6.07) is 12.0. The van der Waals surface area contributed by atoms with Crippen molar-refractivity contribution in [2.75, 3.05) is 19.3 Å². The minimum absolute atomic E-state index is 0.0829. The molecule has 3 heterocycles. The number of nitrogens with two attached hydrogens (primary N) is 1. The van der Waals surface area contributed by atoms with Crippen LogP contribution in [-0.4, -0.2) is 53.6 Å². The second-order valence-corrected chi connectivity index (χ2v) is 13.0. The summed E-state index contributed by atoms with van der Waals surface area (Å²) in [5, 5.41) is 1.62.